The van der Waals surface area contributed by atoms with E-state index in [1.165, 1.54) is 38.8 Å². The van der Waals surface area contributed by atoms with Crippen molar-refractivity contribution in [1.82, 2.24) is 10.2 Å². The maximum Gasteiger partial charge on any atom is 0.0113 e. The lowest BCUT2D eigenvalue weighted by molar-refractivity contribution is 0.0523. The van der Waals surface area contributed by atoms with Crippen molar-refractivity contribution in [3.63, 3.8) is 0 Å². The van der Waals surface area contributed by atoms with Gasteiger partial charge in [-0.25, -0.2) is 0 Å². The van der Waals surface area contributed by atoms with Crippen molar-refractivity contribution in [1.29, 1.82) is 0 Å². The molecule has 0 aromatic carbocycles. The van der Waals surface area contributed by atoms with E-state index < -0.39 is 0 Å². The average Bonchev–Trinajstić information content (AvgIpc) is 2.31. The summed E-state index contributed by atoms with van der Waals surface area (Å²) in [6.45, 7) is 14.2. The highest BCUT2D eigenvalue weighted by atomic mass is 15.1. The van der Waals surface area contributed by atoms with E-state index in [0.29, 0.717) is 16.9 Å². The van der Waals surface area contributed by atoms with Gasteiger partial charge in [0.1, 0.15) is 0 Å². The molecule has 1 aliphatic rings. The summed E-state index contributed by atoms with van der Waals surface area (Å²) in [4.78, 5) is 2.59. The molecule has 1 unspecified atom stereocenters. The Bertz CT molecular complexity index is 259. The van der Waals surface area contributed by atoms with Crippen molar-refractivity contribution in [2.24, 2.45) is 16.7 Å². The van der Waals surface area contributed by atoms with Crippen LogP contribution in [0.1, 0.15) is 60.3 Å². The molecule has 1 saturated carbocycles. The minimum Gasteiger partial charge on any atom is -0.319 e. The first-order chi connectivity index (χ1) is 8.70. The molecule has 2 heteroatoms. The molecule has 1 fully saturated rings. The van der Waals surface area contributed by atoms with E-state index in [1.54, 1.807) is 0 Å². The molecule has 19 heavy (non-hydrogen) atoms. The number of nitrogens with zero attached hydrogens (tertiary/aromatic N) is 1. The lowest BCUT2D eigenvalue weighted by atomic mass is 9.70. The zero-order valence-corrected chi connectivity index (χ0v) is 14.3. The number of hydrogen-bond acceptors (Lipinski definition) is 2. The SMILES string of the molecule is CNCC1(CN(C)C(C)C(C)(C)C)CCC(C)CC1. The van der Waals surface area contributed by atoms with Gasteiger partial charge in [-0.05, 0) is 50.6 Å². The van der Waals surface area contributed by atoms with Crippen LogP contribution in [0.3, 0.4) is 0 Å². The predicted octanol–water partition coefficient (Wildman–Crippen LogP) is 3.77. The van der Waals surface area contributed by atoms with E-state index in [2.05, 4.69) is 58.9 Å². The molecule has 1 atom stereocenters. The standard InChI is InChI=1S/C17H36N2/c1-14-8-10-17(11-9-14,12-18-6)13-19(7)15(2)16(3,4)5/h14-15,18H,8-13H2,1-7H3. The fraction of sp³-hybridized carbons (Fsp3) is 1.00. The van der Waals surface area contributed by atoms with Crippen molar-refractivity contribution in [3.8, 4) is 0 Å². The van der Waals surface area contributed by atoms with Crippen LogP contribution in [0.4, 0.5) is 0 Å². The molecule has 0 aliphatic heterocycles. The van der Waals surface area contributed by atoms with E-state index in [1.807, 2.05) is 0 Å². The Morgan fingerprint density at radius 3 is 2.21 bits per heavy atom. The van der Waals surface area contributed by atoms with Gasteiger partial charge in [-0.3, -0.25) is 0 Å². The van der Waals surface area contributed by atoms with Gasteiger partial charge in [-0.2, -0.15) is 0 Å². The molecule has 1 N–H and O–H groups in total. The lowest BCUT2D eigenvalue weighted by Gasteiger charge is -2.45. The van der Waals surface area contributed by atoms with E-state index in [0.717, 1.165) is 5.92 Å². The van der Waals surface area contributed by atoms with Gasteiger partial charge in [0.25, 0.3) is 0 Å². The van der Waals surface area contributed by atoms with Crippen LogP contribution in [0, 0.1) is 16.7 Å². The molecule has 2 nitrogen and oxygen atoms in total. The normalized spacial score (nSPS) is 30.6. The van der Waals surface area contributed by atoms with E-state index >= 15 is 0 Å². The Hall–Kier alpha value is -0.0800. The van der Waals surface area contributed by atoms with Crippen LogP contribution < -0.4 is 5.32 Å². The number of rotatable bonds is 5. The minimum absolute atomic E-state index is 0.359. The second-order valence-corrected chi connectivity index (χ2v) is 8.17. The van der Waals surface area contributed by atoms with E-state index in [4.69, 9.17) is 0 Å². The van der Waals surface area contributed by atoms with Crippen LogP contribution in [0.2, 0.25) is 0 Å². The van der Waals surface area contributed by atoms with Crippen LogP contribution in [0.5, 0.6) is 0 Å². The fourth-order valence-corrected chi connectivity index (χ4v) is 3.47. The lowest BCUT2D eigenvalue weighted by Crippen LogP contribution is -2.49. The Kier molecular flexibility index (Phi) is 5.88. The van der Waals surface area contributed by atoms with Crippen molar-refractivity contribution < 1.29 is 0 Å². The quantitative estimate of drug-likeness (QED) is 0.816. The zero-order chi connectivity index (χ0) is 14.7. The molecular weight excluding hydrogens is 232 g/mol. The van der Waals surface area contributed by atoms with Gasteiger partial charge in [-0.1, -0.05) is 40.5 Å². The summed E-state index contributed by atoms with van der Waals surface area (Å²) < 4.78 is 0. The van der Waals surface area contributed by atoms with Crippen LogP contribution in [0.25, 0.3) is 0 Å². The molecule has 1 rings (SSSR count). The Labute approximate surface area is 121 Å². The van der Waals surface area contributed by atoms with Crippen molar-refractivity contribution in [2.45, 2.75) is 66.3 Å². The van der Waals surface area contributed by atoms with Crippen molar-refractivity contribution in [3.05, 3.63) is 0 Å². The van der Waals surface area contributed by atoms with Crippen LogP contribution in [0.15, 0.2) is 0 Å². The molecule has 0 heterocycles. The van der Waals surface area contributed by atoms with Gasteiger partial charge in [0.05, 0.1) is 0 Å². The summed E-state index contributed by atoms with van der Waals surface area (Å²) in [6.07, 6.45) is 5.57. The largest absolute Gasteiger partial charge is 0.319 e. The highest BCUT2D eigenvalue weighted by Gasteiger charge is 2.36. The molecular formula is C17H36N2. The smallest absolute Gasteiger partial charge is 0.0113 e. The second-order valence-electron chi connectivity index (χ2n) is 8.17. The van der Waals surface area contributed by atoms with Crippen LogP contribution in [-0.2, 0) is 0 Å². The van der Waals surface area contributed by atoms with Gasteiger partial charge in [-0.15, -0.1) is 0 Å². The summed E-state index contributed by atoms with van der Waals surface area (Å²) in [5.41, 5.74) is 0.854. The van der Waals surface area contributed by atoms with Gasteiger partial charge in [0, 0.05) is 19.1 Å². The summed E-state index contributed by atoms with van der Waals surface area (Å²) in [6, 6.07) is 0.626. The molecule has 114 valence electrons. The molecule has 0 spiro atoms. The Morgan fingerprint density at radius 1 is 1.26 bits per heavy atom. The summed E-state index contributed by atoms with van der Waals surface area (Å²) in [5.74, 6) is 0.926. The van der Waals surface area contributed by atoms with Gasteiger partial charge < -0.3 is 10.2 Å². The molecule has 1 aliphatic carbocycles. The topological polar surface area (TPSA) is 15.3 Å². The third-order valence-corrected chi connectivity index (χ3v) is 5.39. The molecule has 0 amide bonds. The van der Waals surface area contributed by atoms with Gasteiger partial charge in [0.2, 0.25) is 0 Å². The number of nitrogens with one attached hydrogen (secondary N) is 1. The maximum atomic E-state index is 3.45. The summed E-state index contributed by atoms with van der Waals surface area (Å²) in [5, 5.41) is 3.45. The van der Waals surface area contributed by atoms with Crippen LogP contribution >= 0.6 is 0 Å². The van der Waals surface area contributed by atoms with Gasteiger partial charge in [0.15, 0.2) is 0 Å². The van der Waals surface area contributed by atoms with Crippen LogP contribution in [-0.4, -0.2) is 38.1 Å². The third kappa shape index (κ3) is 4.75. The predicted molar refractivity (Wildman–Crippen MR) is 85.5 cm³/mol. The fourth-order valence-electron chi connectivity index (χ4n) is 3.47. The first-order valence-electron chi connectivity index (χ1n) is 8.05. The maximum absolute atomic E-state index is 3.45. The first kappa shape index (κ1) is 17.0. The van der Waals surface area contributed by atoms with Crippen molar-refractivity contribution >= 4 is 0 Å². The Balaban J connectivity index is 2.68. The molecule has 0 saturated heterocycles. The highest BCUT2D eigenvalue weighted by molar-refractivity contribution is 4.90. The summed E-state index contributed by atoms with van der Waals surface area (Å²) in [7, 11) is 4.42. The molecule has 0 aromatic rings. The van der Waals surface area contributed by atoms with E-state index in [-0.39, 0.29) is 0 Å². The van der Waals surface area contributed by atoms with E-state index in [9.17, 15) is 0 Å². The zero-order valence-electron chi connectivity index (χ0n) is 14.3. The minimum atomic E-state index is 0.359. The molecule has 0 aromatic heterocycles. The van der Waals surface area contributed by atoms with Gasteiger partial charge >= 0.3 is 0 Å². The first-order valence-corrected chi connectivity index (χ1v) is 8.05. The second kappa shape index (κ2) is 6.58. The summed E-state index contributed by atoms with van der Waals surface area (Å²) >= 11 is 0. The van der Waals surface area contributed by atoms with Crippen molar-refractivity contribution in [2.75, 3.05) is 27.2 Å². The molecule has 0 radical (unpaired) electrons. The Morgan fingerprint density at radius 2 is 1.79 bits per heavy atom. The number of hydrogen-bond donors (Lipinski definition) is 1. The third-order valence-electron chi connectivity index (χ3n) is 5.39. The average molecular weight is 268 g/mol. The monoisotopic (exact) mass is 268 g/mol. The molecule has 0 bridgehead atoms. The highest BCUT2D eigenvalue weighted by Crippen LogP contribution is 2.40.